The molecule has 0 aliphatic carbocycles. The van der Waals surface area contributed by atoms with Gasteiger partial charge < -0.3 is 0 Å². The molecule has 0 atom stereocenters. The van der Waals surface area contributed by atoms with E-state index in [0.717, 1.165) is 28.1 Å². The number of piperidine rings is 1. The molecular formula is C17H23FN2S. The number of hydrogen-bond acceptors (Lipinski definition) is 3. The van der Waals surface area contributed by atoms with Crippen molar-refractivity contribution in [1.29, 1.82) is 0 Å². The van der Waals surface area contributed by atoms with Gasteiger partial charge in [0.15, 0.2) is 0 Å². The van der Waals surface area contributed by atoms with E-state index in [9.17, 15) is 4.39 Å². The molecule has 2 heterocycles. The Morgan fingerprint density at radius 1 is 1.19 bits per heavy atom. The maximum Gasteiger partial charge on any atom is 0.125 e. The van der Waals surface area contributed by atoms with Crippen LogP contribution in [0.3, 0.4) is 0 Å². The van der Waals surface area contributed by atoms with Crippen molar-refractivity contribution in [2.75, 3.05) is 7.05 Å². The molecule has 1 saturated heterocycles. The van der Waals surface area contributed by atoms with Crippen LogP contribution in [0.4, 0.5) is 4.39 Å². The van der Waals surface area contributed by atoms with Crippen LogP contribution in [0.25, 0.3) is 10.2 Å². The van der Waals surface area contributed by atoms with Crippen LogP contribution < -0.4 is 0 Å². The van der Waals surface area contributed by atoms with E-state index in [1.54, 1.807) is 17.4 Å². The largest absolute Gasteiger partial charge is 0.296 e. The van der Waals surface area contributed by atoms with Crippen molar-refractivity contribution in [2.45, 2.75) is 57.5 Å². The van der Waals surface area contributed by atoms with Gasteiger partial charge in [-0.05, 0) is 59.7 Å². The van der Waals surface area contributed by atoms with Crippen LogP contribution in [-0.2, 0) is 0 Å². The average Bonchev–Trinajstić information content (AvgIpc) is 2.78. The van der Waals surface area contributed by atoms with Crippen molar-refractivity contribution in [1.82, 2.24) is 9.88 Å². The fourth-order valence-corrected chi connectivity index (χ4v) is 4.69. The Morgan fingerprint density at radius 2 is 1.81 bits per heavy atom. The number of benzene rings is 1. The highest BCUT2D eigenvalue weighted by Gasteiger charge is 2.44. The van der Waals surface area contributed by atoms with E-state index in [4.69, 9.17) is 4.98 Å². The Labute approximate surface area is 130 Å². The second-order valence-electron chi connectivity index (χ2n) is 7.45. The van der Waals surface area contributed by atoms with Crippen LogP contribution in [0.5, 0.6) is 0 Å². The standard InChI is InChI=1S/C17H23FN2S/c1-16(2)9-11(10-17(3,4)20(16)5)15-19-13-8-12(18)6-7-14(13)21-15/h6-8,11H,9-10H2,1-5H3. The first-order valence-corrected chi connectivity index (χ1v) is 8.31. The first-order valence-electron chi connectivity index (χ1n) is 7.49. The lowest BCUT2D eigenvalue weighted by Gasteiger charge is -2.53. The first kappa shape index (κ1) is 14.9. The SMILES string of the molecule is CN1C(C)(C)CC(c2nc3cc(F)ccc3s2)CC1(C)C. The van der Waals surface area contributed by atoms with Gasteiger partial charge in [0.05, 0.1) is 15.2 Å². The molecule has 0 radical (unpaired) electrons. The van der Waals surface area contributed by atoms with Crippen molar-refractivity contribution < 1.29 is 4.39 Å². The van der Waals surface area contributed by atoms with Gasteiger partial charge in [0.25, 0.3) is 0 Å². The molecule has 0 spiro atoms. The van der Waals surface area contributed by atoms with E-state index in [1.807, 2.05) is 6.07 Å². The van der Waals surface area contributed by atoms with Crippen molar-refractivity contribution >= 4 is 21.6 Å². The Kier molecular flexibility index (Phi) is 3.37. The number of fused-ring (bicyclic) bond motifs is 1. The van der Waals surface area contributed by atoms with Gasteiger partial charge in [0, 0.05) is 23.1 Å². The molecular weight excluding hydrogens is 283 g/mol. The second-order valence-corrected chi connectivity index (χ2v) is 8.52. The van der Waals surface area contributed by atoms with E-state index in [1.165, 1.54) is 6.07 Å². The van der Waals surface area contributed by atoms with Gasteiger partial charge in [-0.3, -0.25) is 4.90 Å². The molecule has 0 amide bonds. The summed E-state index contributed by atoms with van der Waals surface area (Å²) in [6.45, 7) is 9.20. The Hall–Kier alpha value is -1.00. The van der Waals surface area contributed by atoms with Gasteiger partial charge in [-0.25, -0.2) is 9.37 Å². The van der Waals surface area contributed by atoms with Gasteiger partial charge in [0.2, 0.25) is 0 Å². The van der Waals surface area contributed by atoms with Crippen LogP contribution >= 0.6 is 11.3 Å². The summed E-state index contributed by atoms with van der Waals surface area (Å²) in [6.07, 6.45) is 2.18. The third-order valence-corrected chi connectivity index (χ3v) is 6.22. The minimum absolute atomic E-state index is 0.148. The molecule has 1 aliphatic rings. The Morgan fingerprint density at radius 3 is 2.43 bits per heavy atom. The third kappa shape index (κ3) is 2.59. The predicted molar refractivity (Wildman–Crippen MR) is 87.5 cm³/mol. The smallest absolute Gasteiger partial charge is 0.125 e. The highest BCUT2D eigenvalue weighted by molar-refractivity contribution is 7.18. The molecule has 3 rings (SSSR count). The van der Waals surface area contributed by atoms with Gasteiger partial charge in [0.1, 0.15) is 5.82 Å². The molecule has 114 valence electrons. The number of likely N-dealkylation sites (tertiary alicyclic amines) is 1. The third-order valence-electron chi connectivity index (χ3n) is 5.02. The number of rotatable bonds is 1. The summed E-state index contributed by atoms with van der Waals surface area (Å²) in [4.78, 5) is 7.19. The van der Waals surface area contributed by atoms with Crippen molar-refractivity contribution in [3.63, 3.8) is 0 Å². The van der Waals surface area contributed by atoms with Gasteiger partial charge >= 0.3 is 0 Å². The normalized spacial score (nSPS) is 22.8. The topological polar surface area (TPSA) is 16.1 Å². The Balaban J connectivity index is 1.98. The summed E-state index contributed by atoms with van der Waals surface area (Å²) < 4.78 is 14.4. The molecule has 1 aromatic heterocycles. The van der Waals surface area contributed by atoms with Crippen LogP contribution in [0, 0.1) is 5.82 Å². The second kappa shape index (κ2) is 4.75. The Bertz CT molecular complexity index is 656. The lowest BCUT2D eigenvalue weighted by Crippen LogP contribution is -2.58. The average molecular weight is 306 g/mol. The van der Waals surface area contributed by atoms with E-state index in [2.05, 4.69) is 39.6 Å². The molecule has 1 fully saturated rings. The zero-order chi connectivity index (χ0) is 15.4. The zero-order valence-corrected chi connectivity index (χ0v) is 14.2. The fraction of sp³-hybridized carbons (Fsp3) is 0.588. The molecule has 0 unspecified atom stereocenters. The van der Waals surface area contributed by atoms with Crippen molar-refractivity contribution in [3.8, 4) is 0 Å². The highest BCUT2D eigenvalue weighted by Crippen LogP contribution is 2.46. The van der Waals surface area contributed by atoms with Gasteiger partial charge in [-0.1, -0.05) is 0 Å². The van der Waals surface area contributed by atoms with Crippen LogP contribution in [0.15, 0.2) is 18.2 Å². The van der Waals surface area contributed by atoms with Crippen molar-refractivity contribution in [2.24, 2.45) is 0 Å². The van der Waals surface area contributed by atoms with E-state index in [0.29, 0.717) is 5.92 Å². The molecule has 4 heteroatoms. The quantitative estimate of drug-likeness (QED) is 0.752. The van der Waals surface area contributed by atoms with Crippen LogP contribution in [0.2, 0.25) is 0 Å². The minimum Gasteiger partial charge on any atom is -0.296 e. The summed E-state index contributed by atoms with van der Waals surface area (Å²) >= 11 is 1.72. The van der Waals surface area contributed by atoms with Gasteiger partial charge in [-0.2, -0.15) is 0 Å². The lowest BCUT2D eigenvalue weighted by atomic mass is 9.74. The summed E-state index contributed by atoms with van der Waals surface area (Å²) in [5.41, 5.74) is 1.09. The minimum atomic E-state index is -0.205. The predicted octanol–water partition coefficient (Wildman–Crippen LogP) is 4.80. The fourth-order valence-electron chi connectivity index (χ4n) is 3.64. The van der Waals surface area contributed by atoms with Crippen LogP contribution in [0.1, 0.15) is 51.5 Å². The molecule has 2 aromatic rings. The molecule has 0 N–H and O–H groups in total. The maximum absolute atomic E-state index is 13.3. The van der Waals surface area contributed by atoms with E-state index >= 15 is 0 Å². The summed E-state index contributed by atoms with van der Waals surface area (Å²) in [7, 11) is 2.21. The maximum atomic E-state index is 13.3. The summed E-state index contributed by atoms with van der Waals surface area (Å²) in [5, 5.41) is 1.16. The summed E-state index contributed by atoms with van der Waals surface area (Å²) in [5.74, 6) is 0.245. The molecule has 0 bridgehead atoms. The van der Waals surface area contributed by atoms with Crippen LogP contribution in [-0.4, -0.2) is 28.0 Å². The van der Waals surface area contributed by atoms with Crippen molar-refractivity contribution in [3.05, 3.63) is 29.0 Å². The van der Waals surface area contributed by atoms with E-state index < -0.39 is 0 Å². The van der Waals surface area contributed by atoms with E-state index in [-0.39, 0.29) is 16.9 Å². The number of aromatic nitrogens is 1. The lowest BCUT2D eigenvalue weighted by molar-refractivity contribution is -0.0128. The molecule has 1 aromatic carbocycles. The first-order chi connectivity index (χ1) is 9.69. The highest BCUT2D eigenvalue weighted by atomic mass is 32.1. The molecule has 0 saturated carbocycles. The monoisotopic (exact) mass is 306 g/mol. The van der Waals surface area contributed by atoms with Gasteiger partial charge in [-0.15, -0.1) is 11.3 Å². The molecule has 1 aliphatic heterocycles. The zero-order valence-electron chi connectivity index (χ0n) is 13.4. The number of nitrogens with zero attached hydrogens (tertiary/aromatic N) is 2. The molecule has 2 nitrogen and oxygen atoms in total. The number of halogens is 1. The number of hydrogen-bond donors (Lipinski definition) is 0. The molecule has 21 heavy (non-hydrogen) atoms. The number of thiazole rings is 1. The summed E-state index contributed by atoms with van der Waals surface area (Å²) in [6, 6.07) is 4.91.